The van der Waals surface area contributed by atoms with Crippen LogP contribution < -0.4 is 5.73 Å². The van der Waals surface area contributed by atoms with E-state index in [1.807, 2.05) is 18.3 Å². The number of benzene rings is 1. The average molecular weight is 325 g/mol. The molecular formula is C18H19N3OS. The van der Waals surface area contributed by atoms with Crippen molar-refractivity contribution in [1.29, 1.82) is 0 Å². The van der Waals surface area contributed by atoms with Crippen LogP contribution in [0.3, 0.4) is 0 Å². The molecule has 0 bridgehead atoms. The third kappa shape index (κ3) is 2.72. The van der Waals surface area contributed by atoms with Gasteiger partial charge in [-0.2, -0.15) is 0 Å². The van der Waals surface area contributed by atoms with Crippen molar-refractivity contribution in [3.8, 4) is 5.75 Å². The van der Waals surface area contributed by atoms with E-state index in [2.05, 4.69) is 27.4 Å². The summed E-state index contributed by atoms with van der Waals surface area (Å²) in [7, 11) is 0. The van der Waals surface area contributed by atoms with Crippen LogP contribution in [0.2, 0.25) is 0 Å². The maximum atomic E-state index is 10.3. The van der Waals surface area contributed by atoms with Crippen LogP contribution in [-0.4, -0.2) is 40.7 Å². The molecule has 0 spiro atoms. The van der Waals surface area contributed by atoms with Gasteiger partial charge in [-0.3, -0.25) is 9.88 Å². The van der Waals surface area contributed by atoms with Crippen LogP contribution in [0.1, 0.15) is 12.0 Å². The largest absolute Gasteiger partial charge is 0.507 e. The molecule has 1 atom stereocenters. The maximum Gasteiger partial charge on any atom is 0.123 e. The predicted octanol–water partition coefficient (Wildman–Crippen LogP) is 3.20. The highest BCUT2D eigenvalue weighted by Crippen LogP contribution is 2.34. The van der Waals surface area contributed by atoms with Crippen LogP contribution in [0.25, 0.3) is 27.1 Å². The second kappa shape index (κ2) is 5.92. The van der Waals surface area contributed by atoms with Crippen molar-refractivity contribution < 1.29 is 5.11 Å². The van der Waals surface area contributed by atoms with Gasteiger partial charge in [-0.05, 0) is 30.0 Å². The van der Waals surface area contributed by atoms with E-state index in [0.717, 1.165) is 52.6 Å². The molecule has 23 heavy (non-hydrogen) atoms. The third-order valence-corrected chi connectivity index (χ3v) is 5.29. The second-order valence-corrected chi connectivity index (χ2v) is 7.01. The summed E-state index contributed by atoms with van der Waals surface area (Å²) in [6, 6.07) is 5.99. The Hall–Kier alpha value is -1.95. The molecule has 1 aliphatic heterocycles. The smallest absolute Gasteiger partial charge is 0.123 e. The van der Waals surface area contributed by atoms with Crippen molar-refractivity contribution in [2.75, 3.05) is 19.6 Å². The molecule has 0 aliphatic carbocycles. The van der Waals surface area contributed by atoms with E-state index in [0.29, 0.717) is 11.8 Å². The molecule has 3 heterocycles. The summed E-state index contributed by atoms with van der Waals surface area (Å²) >= 11 is 1.67. The highest BCUT2D eigenvalue weighted by atomic mass is 32.1. The summed E-state index contributed by atoms with van der Waals surface area (Å²) in [5.41, 5.74) is 7.71. The number of phenols is 1. The number of pyridine rings is 1. The second-order valence-electron chi connectivity index (χ2n) is 6.06. The van der Waals surface area contributed by atoms with Crippen LogP contribution in [0.4, 0.5) is 0 Å². The van der Waals surface area contributed by atoms with Crippen molar-refractivity contribution >= 4 is 38.4 Å². The molecule has 2 aromatic heterocycles. The number of nitrogens with zero attached hydrogens (tertiary/aromatic N) is 2. The molecule has 3 N–H and O–H groups in total. The Morgan fingerprint density at radius 1 is 1.39 bits per heavy atom. The molecule has 118 valence electrons. The molecule has 0 radical (unpaired) electrons. The minimum absolute atomic E-state index is 0.295. The monoisotopic (exact) mass is 325 g/mol. The Bertz CT molecular complexity index is 886. The van der Waals surface area contributed by atoms with E-state index in [4.69, 9.17) is 5.73 Å². The molecule has 0 saturated carbocycles. The summed E-state index contributed by atoms with van der Waals surface area (Å²) < 4.78 is 1.14. The van der Waals surface area contributed by atoms with Gasteiger partial charge in [0.2, 0.25) is 0 Å². The summed E-state index contributed by atoms with van der Waals surface area (Å²) in [4.78, 5) is 6.85. The van der Waals surface area contributed by atoms with Crippen molar-refractivity contribution in [1.82, 2.24) is 9.88 Å². The number of thiophene rings is 1. The number of aromatic hydroxyl groups is 1. The first-order chi connectivity index (χ1) is 11.2. The first-order valence-electron chi connectivity index (χ1n) is 7.85. The van der Waals surface area contributed by atoms with E-state index >= 15 is 0 Å². The van der Waals surface area contributed by atoms with Crippen molar-refractivity contribution in [3.63, 3.8) is 0 Å². The van der Waals surface area contributed by atoms with Gasteiger partial charge < -0.3 is 10.8 Å². The number of likely N-dealkylation sites (tertiary alicyclic amines) is 1. The normalized spacial score (nSPS) is 19.4. The molecule has 1 saturated heterocycles. The van der Waals surface area contributed by atoms with Gasteiger partial charge in [-0.15, -0.1) is 11.3 Å². The van der Waals surface area contributed by atoms with Gasteiger partial charge in [0.1, 0.15) is 5.75 Å². The highest BCUT2D eigenvalue weighted by Gasteiger charge is 2.17. The molecule has 3 aromatic rings. The van der Waals surface area contributed by atoms with Crippen molar-refractivity contribution in [3.05, 3.63) is 41.4 Å². The third-order valence-electron chi connectivity index (χ3n) is 4.44. The number of phenolic OH excluding ortho intramolecular Hbond substituents is 1. The molecule has 1 aliphatic rings. The molecule has 1 unspecified atom stereocenters. The quantitative estimate of drug-likeness (QED) is 0.776. The lowest BCUT2D eigenvalue weighted by Gasteiger charge is -2.12. The van der Waals surface area contributed by atoms with E-state index in [9.17, 15) is 5.11 Å². The first-order valence-corrected chi connectivity index (χ1v) is 8.73. The number of aromatic nitrogens is 1. The maximum absolute atomic E-state index is 10.3. The standard InChI is InChI=1S/C18H19N3OS/c19-12-5-8-21(11-12)7-1-2-13-16(22)4-3-15-18(13)14-6-9-23-17(14)10-20-15/h1-4,6,9-10,12,22H,5,7-8,11,19H2/b2-1+. The zero-order valence-corrected chi connectivity index (χ0v) is 13.6. The molecule has 0 amide bonds. The average Bonchev–Trinajstić information content (AvgIpc) is 3.17. The topological polar surface area (TPSA) is 62.4 Å². The predicted molar refractivity (Wildman–Crippen MR) is 96.9 cm³/mol. The summed E-state index contributed by atoms with van der Waals surface area (Å²) in [5.74, 6) is 0.298. The van der Waals surface area contributed by atoms with Gasteiger partial charge in [0.25, 0.3) is 0 Å². The highest BCUT2D eigenvalue weighted by molar-refractivity contribution is 7.17. The van der Waals surface area contributed by atoms with Crippen LogP contribution in [-0.2, 0) is 0 Å². The Kier molecular flexibility index (Phi) is 3.77. The summed E-state index contributed by atoms with van der Waals surface area (Å²) in [6.07, 6.45) is 7.09. The molecule has 4 rings (SSSR count). The Morgan fingerprint density at radius 2 is 2.30 bits per heavy atom. The fourth-order valence-electron chi connectivity index (χ4n) is 3.26. The van der Waals surface area contributed by atoms with Gasteiger partial charge in [0.05, 0.1) is 10.2 Å². The lowest BCUT2D eigenvalue weighted by Crippen LogP contribution is -2.26. The molecular weight excluding hydrogens is 306 g/mol. The van der Waals surface area contributed by atoms with Crippen LogP contribution in [0, 0.1) is 0 Å². The summed E-state index contributed by atoms with van der Waals surface area (Å²) in [6.45, 7) is 2.85. The van der Waals surface area contributed by atoms with E-state index in [-0.39, 0.29) is 0 Å². The van der Waals surface area contributed by atoms with Crippen LogP contribution in [0.15, 0.2) is 35.9 Å². The van der Waals surface area contributed by atoms with Gasteiger partial charge in [0, 0.05) is 48.2 Å². The van der Waals surface area contributed by atoms with E-state index in [1.54, 1.807) is 17.4 Å². The Morgan fingerprint density at radius 3 is 3.13 bits per heavy atom. The van der Waals surface area contributed by atoms with Crippen LogP contribution >= 0.6 is 11.3 Å². The lowest BCUT2D eigenvalue weighted by atomic mass is 10.0. The van der Waals surface area contributed by atoms with E-state index < -0.39 is 0 Å². The zero-order valence-electron chi connectivity index (χ0n) is 12.8. The number of hydrogen-bond acceptors (Lipinski definition) is 5. The number of rotatable bonds is 3. The molecule has 4 nitrogen and oxygen atoms in total. The lowest BCUT2D eigenvalue weighted by molar-refractivity contribution is 0.372. The minimum atomic E-state index is 0.295. The minimum Gasteiger partial charge on any atom is -0.507 e. The van der Waals surface area contributed by atoms with Crippen molar-refractivity contribution in [2.45, 2.75) is 12.5 Å². The molecule has 1 aromatic carbocycles. The summed E-state index contributed by atoms with van der Waals surface area (Å²) in [5, 5.41) is 14.6. The van der Waals surface area contributed by atoms with Gasteiger partial charge in [-0.1, -0.05) is 12.2 Å². The molecule has 1 fully saturated rings. The number of nitrogens with two attached hydrogens (primary N) is 1. The Balaban J connectivity index is 1.73. The van der Waals surface area contributed by atoms with Crippen LogP contribution in [0.5, 0.6) is 5.75 Å². The first kappa shape index (κ1) is 14.6. The zero-order chi connectivity index (χ0) is 15.8. The Labute approximate surface area is 138 Å². The van der Waals surface area contributed by atoms with Gasteiger partial charge in [0.15, 0.2) is 0 Å². The number of hydrogen-bond donors (Lipinski definition) is 2. The molecule has 5 heteroatoms. The number of fused-ring (bicyclic) bond motifs is 3. The van der Waals surface area contributed by atoms with Crippen molar-refractivity contribution in [2.24, 2.45) is 5.73 Å². The van der Waals surface area contributed by atoms with Gasteiger partial charge in [-0.25, -0.2) is 0 Å². The SMILES string of the molecule is NC1CCN(C/C=C/c2c(O)ccc3ncc4sccc4c23)C1. The van der Waals surface area contributed by atoms with Gasteiger partial charge >= 0.3 is 0 Å². The fourth-order valence-corrected chi connectivity index (χ4v) is 4.02. The van der Waals surface area contributed by atoms with E-state index in [1.165, 1.54) is 0 Å². The fraction of sp³-hybridized carbons (Fsp3) is 0.278.